The van der Waals surface area contributed by atoms with E-state index < -0.39 is 12.2 Å². The maximum atomic E-state index is 9.19. The number of likely N-dealkylation sites (N-methyl/N-ethyl adjacent to an activating group) is 1. The average Bonchev–Trinajstić information content (AvgIpc) is 1.88. The Balaban J connectivity index is 2.45. The Bertz CT molecular complexity index is 99.2. The second kappa shape index (κ2) is 3.30. The van der Waals surface area contributed by atoms with Crippen molar-refractivity contribution in [3.63, 3.8) is 0 Å². The highest BCUT2D eigenvalue weighted by Gasteiger charge is 2.29. The zero-order chi connectivity index (χ0) is 7.56. The molecule has 1 unspecified atom stereocenters. The predicted molar refractivity (Wildman–Crippen MR) is 35.7 cm³/mol. The molecule has 1 aliphatic rings. The van der Waals surface area contributed by atoms with Gasteiger partial charge in [0.1, 0.15) is 0 Å². The van der Waals surface area contributed by atoms with E-state index in [4.69, 9.17) is 4.74 Å². The van der Waals surface area contributed by atoms with E-state index in [0.29, 0.717) is 13.2 Å². The number of ether oxygens (including phenoxy) is 1. The Hall–Kier alpha value is -0.160. The van der Waals surface area contributed by atoms with Crippen LogP contribution in [0.4, 0.5) is 0 Å². The number of hydrogen-bond acceptors (Lipinski definition) is 4. The first-order valence-corrected chi connectivity index (χ1v) is 3.37. The highest BCUT2D eigenvalue weighted by molar-refractivity contribution is 4.84. The molecule has 10 heavy (non-hydrogen) atoms. The van der Waals surface area contributed by atoms with Crippen LogP contribution in [-0.4, -0.2) is 48.7 Å². The SMILES string of the molecule is CNC1[C@H](O)COC[C@@H]1O. The van der Waals surface area contributed by atoms with Crippen molar-refractivity contribution >= 4 is 0 Å². The lowest BCUT2D eigenvalue weighted by Gasteiger charge is -2.31. The van der Waals surface area contributed by atoms with Gasteiger partial charge in [0.15, 0.2) is 0 Å². The van der Waals surface area contributed by atoms with Crippen molar-refractivity contribution in [2.24, 2.45) is 0 Å². The predicted octanol–water partition coefficient (Wildman–Crippen LogP) is -1.67. The van der Waals surface area contributed by atoms with Crippen molar-refractivity contribution in [2.45, 2.75) is 18.2 Å². The van der Waals surface area contributed by atoms with Gasteiger partial charge in [0.25, 0.3) is 0 Å². The molecule has 0 saturated carbocycles. The summed E-state index contributed by atoms with van der Waals surface area (Å²) in [6.45, 7) is 0.616. The standard InChI is InChI=1S/C6H13NO3/c1-7-6-4(8)2-10-3-5(6)9/h4-9H,2-3H2,1H3/t4-,5+,6?. The molecule has 3 N–H and O–H groups in total. The van der Waals surface area contributed by atoms with Gasteiger partial charge in [-0.2, -0.15) is 0 Å². The fourth-order valence-electron chi connectivity index (χ4n) is 1.16. The smallest absolute Gasteiger partial charge is 0.0952 e. The largest absolute Gasteiger partial charge is 0.389 e. The van der Waals surface area contributed by atoms with Crippen LogP contribution in [0.15, 0.2) is 0 Å². The second-order valence-electron chi connectivity index (χ2n) is 2.49. The molecule has 1 rings (SSSR count). The monoisotopic (exact) mass is 147 g/mol. The molecule has 0 bridgehead atoms. The summed E-state index contributed by atoms with van der Waals surface area (Å²) >= 11 is 0. The summed E-state index contributed by atoms with van der Waals surface area (Å²) in [5, 5.41) is 21.2. The zero-order valence-corrected chi connectivity index (χ0v) is 5.95. The summed E-state index contributed by atoms with van der Waals surface area (Å²) in [5.41, 5.74) is 0. The van der Waals surface area contributed by atoms with Gasteiger partial charge in [-0.3, -0.25) is 0 Å². The molecule has 4 nitrogen and oxygen atoms in total. The number of aliphatic hydroxyl groups excluding tert-OH is 2. The Morgan fingerprint density at radius 1 is 1.30 bits per heavy atom. The molecule has 0 amide bonds. The molecular formula is C6H13NO3. The van der Waals surface area contributed by atoms with Gasteiger partial charge in [-0.25, -0.2) is 0 Å². The van der Waals surface area contributed by atoms with Crippen LogP contribution in [0.2, 0.25) is 0 Å². The molecular weight excluding hydrogens is 134 g/mol. The van der Waals surface area contributed by atoms with Crippen molar-refractivity contribution in [2.75, 3.05) is 20.3 Å². The molecule has 0 aliphatic carbocycles. The average molecular weight is 147 g/mol. The quantitative estimate of drug-likeness (QED) is 0.415. The summed E-state index contributed by atoms with van der Waals surface area (Å²) in [4.78, 5) is 0. The third kappa shape index (κ3) is 1.46. The van der Waals surface area contributed by atoms with Crippen molar-refractivity contribution in [1.82, 2.24) is 5.32 Å². The molecule has 0 aromatic carbocycles. The topological polar surface area (TPSA) is 61.7 Å². The molecule has 3 atom stereocenters. The molecule has 1 heterocycles. The lowest BCUT2D eigenvalue weighted by molar-refractivity contribution is -0.0934. The third-order valence-electron chi connectivity index (χ3n) is 1.74. The maximum absolute atomic E-state index is 9.19. The highest BCUT2D eigenvalue weighted by Crippen LogP contribution is 2.07. The van der Waals surface area contributed by atoms with Gasteiger partial charge in [0, 0.05) is 0 Å². The Morgan fingerprint density at radius 3 is 2.10 bits per heavy atom. The minimum absolute atomic E-state index is 0.242. The van der Waals surface area contributed by atoms with Crippen molar-refractivity contribution in [3.8, 4) is 0 Å². The van der Waals surface area contributed by atoms with Gasteiger partial charge in [-0.1, -0.05) is 0 Å². The van der Waals surface area contributed by atoms with Crippen LogP contribution in [0.5, 0.6) is 0 Å². The Labute approximate surface area is 59.8 Å². The fourth-order valence-corrected chi connectivity index (χ4v) is 1.16. The lowest BCUT2D eigenvalue weighted by Crippen LogP contribution is -2.54. The zero-order valence-electron chi connectivity index (χ0n) is 5.95. The first-order valence-electron chi connectivity index (χ1n) is 3.37. The molecule has 0 aromatic heterocycles. The first kappa shape index (κ1) is 7.94. The summed E-state index contributed by atoms with van der Waals surface area (Å²) in [7, 11) is 1.71. The van der Waals surface area contributed by atoms with Crippen LogP contribution in [-0.2, 0) is 4.74 Å². The molecule has 1 saturated heterocycles. The summed E-state index contributed by atoms with van der Waals surface area (Å²) < 4.78 is 4.89. The molecule has 60 valence electrons. The fraction of sp³-hybridized carbons (Fsp3) is 1.00. The lowest BCUT2D eigenvalue weighted by atomic mass is 10.0. The maximum Gasteiger partial charge on any atom is 0.0952 e. The molecule has 0 spiro atoms. The van der Waals surface area contributed by atoms with Crippen molar-refractivity contribution < 1.29 is 14.9 Å². The van der Waals surface area contributed by atoms with Crippen LogP contribution in [0.1, 0.15) is 0 Å². The number of rotatable bonds is 1. The van der Waals surface area contributed by atoms with Gasteiger partial charge in [-0.05, 0) is 7.05 Å². The number of nitrogens with one attached hydrogen (secondary N) is 1. The number of aliphatic hydroxyl groups is 2. The minimum atomic E-state index is -0.589. The van der Waals surface area contributed by atoms with E-state index in [-0.39, 0.29) is 6.04 Å². The van der Waals surface area contributed by atoms with E-state index in [1.54, 1.807) is 7.05 Å². The van der Waals surface area contributed by atoms with Gasteiger partial charge < -0.3 is 20.3 Å². The van der Waals surface area contributed by atoms with Gasteiger partial charge in [-0.15, -0.1) is 0 Å². The minimum Gasteiger partial charge on any atom is -0.389 e. The van der Waals surface area contributed by atoms with E-state index in [1.165, 1.54) is 0 Å². The molecule has 0 radical (unpaired) electrons. The summed E-state index contributed by atoms with van der Waals surface area (Å²) in [6, 6.07) is -0.242. The second-order valence-corrected chi connectivity index (χ2v) is 2.49. The molecule has 1 fully saturated rings. The van der Waals surface area contributed by atoms with Crippen LogP contribution >= 0.6 is 0 Å². The Morgan fingerprint density at radius 2 is 1.80 bits per heavy atom. The number of hydrogen-bond donors (Lipinski definition) is 3. The van der Waals surface area contributed by atoms with Crippen LogP contribution in [0.25, 0.3) is 0 Å². The summed E-state index contributed by atoms with van der Waals surface area (Å²) in [5.74, 6) is 0. The molecule has 4 heteroatoms. The van der Waals surface area contributed by atoms with E-state index in [1.807, 2.05) is 0 Å². The van der Waals surface area contributed by atoms with Gasteiger partial charge in [0.05, 0.1) is 31.5 Å². The van der Waals surface area contributed by atoms with Crippen LogP contribution in [0, 0.1) is 0 Å². The Kier molecular flexibility index (Phi) is 2.62. The van der Waals surface area contributed by atoms with Crippen LogP contribution in [0.3, 0.4) is 0 Å². The van der Waals surface area contributed by atoms with Crippen LogP contribution < -0.4 is 5.32 Å². The molecule has 1 aliphatic heterocycles. The van der Waals surface area contributed by atoms with Gasteiger partial charge in [0.2, 0.25) is 0 Å². The van der Waals surface area contributed by atoms with E-state index >= 15 is 0 Å². The highest BCUT2D eigenvalue weighted by atomic mass is 16.5. The normalized spacial score (nSPS) is 41.7. The van der Waals surface area contributed by atoms with E-state index in [9.17, 15) is 10.2 Å². The summed E-state index contributed by atoms with van der Waals surface area (Å²) in [6.07, 6.45) is -1.18. The van der Waals surface area contributed by atoms with Gasteiger partial charge >= 0.3 is 0 Å². The molecule has 0 aromatic rings. The van der Waals surface area contributed by atoms with Crippen molar-refractivity contribution in [3.05, 3.63) is 0 Å². The van der Waals surface area contributed by atoms with E-state index in [0.717, 1.165) is 0 Å². The first-order chi connectivity index (χ1) is 4.75. The van der Waals surface area contributed by atoms with E-state index in [2.05, 4.69) is 5.32 Å². The third-order valence-corrected chi connectivity index (χ3v) is 1.74. The van der Waals surface area contributed by atoms with Crippen molar-refractivity contribution in [1.29, 1.82) is 0 Å².